The lowest BCUT2D eigenvalue weighted by Gasteiger charge is -2.49. The topological polar surface area (TPSA) is 44.4 Å². The standard InChI is InChI=1S/C18H26BrN3O.ClH/c1-14-5-6-16(15(19)11-14)21-17(23)12-22-10-9-20-13-18(22)7-3-2-4-8-18;/h5-6,11,20H,2-4,7-10,12-13H2,1H3,(H,21,23);1H. The molecule has 0 aromatic heterocycles. The van der Waals surface area contributed by atoms with Crippen LogP contribution in [0.25, 0.3) is 0 Å². The second-order valence-corrected chi connectivity index (χ2v) is 7.77. The molecular formula is C18H27BrClN3O. The number of benzene rings is 1. The highest BCUT2D eigenvalue weighted by atomic mass is 79.9. The molecule has 4 nitrogen and oxygen atoms in total. The molecule has 6 heteroatoms. The van der Waals surface area contributed by atoms with Gasteiger partial charge in [0.25, 0.3) is 0 Å². The lowest BCUT2D eigenvalue weighted by Crippen LogP contribution is -2.63. The van der Waals surface area contributed by atoms with Gasteiger partial charge in [-0.2, -0.15) is 0 Å². The summed E-state index contributed by atoms with van der Waals surface area (Å²) in [5.41, 5.74) is 2.23. The van der Waals surface area contributed by atoms with Gasteiger partial charge in [-0.05, 0) is 53.4 Å². The SMILES string of the molecule is Cc1ccc(NC(=O)CN2CCNCC23CCCCC3)c(Br)c1.Cl. The Balaban J connectivity index is 0.00000208. The Bertz CT molecular complexity index is 567. The number of nitrogens with one attached hydrogen (secondary N) is 2. The Labute approximate surface area is 159 Å². The molecule has 2 N–H and O–H groups in total. The van der Waals surface area contributed by atoms with E-state index in [9.17, 15) is 4.79 Å². The molecule has 1 amide bonds. The molecule has 1 saturated carbocycles. The number of amides is 1. The maximum Gasteiger partial charge on any atom is 0.238 e. The van der Waals surface area contributed by atoms with Crippen LogP contribution >= 0.6 is 28.3 Å². The number of halogens is 2. The second kappa shape index (κ2) is 8.65. The summed E-state index contributed by atoms with van der Waals surface area (Å²) in [7, 11) is 0. The summed E-state index contributed by atoms with van der Waals surface area (Å²) in [6.07, 6.45) is 6.31. The summed E-state index contributed by atoms with van der Waals surface area (Å²) in [4.78, 5) is 15.0. The van der Waals surface area contributed by atoms with Crippen molar-refractivity contribution in [3.05, 3.63) is 28.2 Å². The molecule has 1 aromatic rings. The van der Waals surface area contributed by atoms with Crippen molar-refractivity contribution in [1.29, 1.82) is 0 Å². The normalized spacial score (nSPS) is 20.4. The highest BCUT2D eigenvalue weighted by molar-refractivity contribution is 9.10. The molecule has 0 radical (unpaired) electrons. The van der Waals surface area contributed by atoms with Crippen LogP contribution in [-0.4, -0.2) is 42.5 Å². The van der Waals surface area contributed by atoms with E-state index < -0.39 is 0 Å². The van der Waals surface area contributed by atoms with Crippen LogP contribution in [-0.2, 0) is 4.79 Å². The van der Waals surface area contributed by atoms with Crippen molar-refractivity contribution in [3.63, 3.8) is 0 Å². The number of hydrogen-bond acceptors (Lipinski definition) is 3. The quantitative estimate of drug-likeness (QED) is 0.789. The summed E-state index contributed by atoms with van der Waals surface area (Å²) in [5.74, 6) is 0.0846. The second-order valence-electron chi connectivity index (χ2n) is 6.91. The van der Waals surface area contributed by atoms with E-state index in [1.165, 1.54) is 37.7 Å². The first kappa shape index (κ1) is 19.7. The molecule has 1 aliphatic heterocycles. The molecule has 1 aromatic carbocycles. The number of aryl methyl sites for hydroxylation is 1. The average Bonchev–Trinajstić information content (AvgIpc) is 2.53. The Morgan fingerprint density at radius 1 is 1.33 bits per heavy atom. The number of hydrogen-bond donors (Lipinski definition) is 2. The van der Waals surface area contributed by atoms with Crippen molar-refractivity contribution in [2.75, 3.05) is 31.5 Å². The Hall–Kier alpha value is -0.620. The molecule has 24 heavy (non-hydrogen) atoms. The van der Waals surface area contributed by atoms with Gasteiger partial charge in [-0.25, -0.2) is 0 Å². The molecule has 2 aliphatic rings. The van der Waals surface area contributed by atoms with Crippen molar-refractivity contribution >= 4 is 39.9 Å². The summed E-state index contributed by atoms with van der Waals surface area (Å²) < 4.78 is 0.943. The third kappa shape index (κ3) is 4.51. The van der Waals surface area contributed by atoms with Gasteiger partial charge >= 0.3 is 0 Å². The number of nitrogens with zero attached hydrogens (tertiary/aromatic N) is 1. The van der Waals surface area contributed by atoms with Crippen molar-refractivity contribution in [2.45, 2.75) is 44.6 Å². The van der Waals surface area contributed by atoms with E-state index in [0.717, 1.165) is 29.8 Å². The molecular weight excluding hydrogens is 390 g/mol. The first-order valence-corrected chi connectivity index (χ1v) is 9.40. The Morgan fingerprint density at radius 2 is 2.08 bits per heavy atom. The van der Waals surface area contributed by atoms with Crippen molar-refractivity contribution in [2.24, 2.45) is 0 Å². The summed E-state index contributed by atoms with van der Waals surface area (Å²) >= 11 is 3.53. The van der Waals surface area contributed by atoms with Gasteiger partial charge in [0.1, 0.15) is 0 Å². The highest BCUT2D eigenvalue weighted by Crippen LogP contribution is 2.34. The van der Waals surface area contributed by atoms with Gasteiger partial charge in [0.15, 0.2) is 0 Å². The molecule has 0 atom stereocenters. The fraction of sp³-hybridized carbons (Fsp3) is 0.611. The Kier molecular flexibility index (Phi) is 7.10. The number of piperazine rings is 1. The minimum atomic E-state index is 0. The van der Waals surface area contributed by atoms with Crippen LogP contribution in [0.3, 0.4) is 0 Å². The molecule has 1 heterocycles. The largest absolute Gasteiger partial charge is 0.324 e. The van der Waals surface area contributed by atoms with Crippen molar-refractivity contribution in [3.8, 4) is 0 Å². The van der Waals surface area contributed by atoms with Crippen molar-refractivity contribution in [1.82, 2.24) is 10.2 Å². The molecule has 134 valence electrons. The van der Waals surface area contributed by atoms with Crippen LogP contribution in [0.5, 0.6) is 0 Å². The molecule has 1 aliphatic carbocycles. The van der Waals surface area contributed by atoms with Gasteiger partial charge < -0.3 is 10.6 Å². The van der Waals surface area contributed by atoms with Gasteiger partial charge in [-0.15, -0.1) is 12.4 Å². The van der Waals surface area contributed by atoms with Gasteiger partial charge in [-0.3, -0.25) is 9.69 Å². The lowest BCUT2D eigenvalue weighted by atomic mass is 9.79. The minimum absolute atomic E-state index is 0. The van der Waals surface area contributed by atoms with E-state index in [1.54, 1.807) is 0 Å². The third-order valence-electron chi connectivity index (χ3n) is 5.20. The van der Waals surface area contributed by atoms with Crippen LogP contribution in [0.2, 0.25) is 0 Å². The predicted molar refractivity (Wildman–Crippen MR) is 105 cm³/mol. The predicted octanol–water partition coefficient (Wildman–Crippen LogP) is 3.73. The monoisotopic (exact) mass is 415 g/mol. The van der Waals surface area contributed by atoms with E-state index in [1.807, 2.05) is 25.1 Å². The molecule has 1 spiro atoms. The van der Waals surface area contributed by atoms with Crippen LogP contribution in [0.4, 0.5) is 5.69 Å². The zero-order valence-electron chi connectivity index (χ0n) is 14.2. The molecule has 3 rings (SSSR count). The number of carbonyl (C=O) groups is 1. The smallest absolute Gasteiger partial charge is 0.238 e. The minimum Gasteiger partial charge on any atom is -0.324 e. The van der Waals surface area contributed by atoms with Crippen LogP contribution in [0.1, 0.15) is 37.7 Å². The zero-order valence-corrected chi connectivity index (χ0v) is 16.6. The Morgan fingerprint density at radius 3 is 2.79 bits per heavy atom. The average molecular weight is 417 g/mol. The van der Waals surface area contributed by atoms with Gasteiger partial charge in [0, 0.05) is 29.6 Å². The molecule has 1 saturated heterocycles. The highest BCUT2D eigenvalue weighted by Gasteiger charge is 2.40. The first-order chi connectivity index (χ1) is 11.1. The maximum absolute atomic E-state index is 12.5. The summed E-state index contributed by atoms with van der Waals surface area (Å²) in [5, 5.41) is 6.59. The van der Waals surface area contributed by atoms with E-state index in [-0.39, 0.29) is 23.9 Å². The van der Waals surface area contributed by atoms with E-state index in [0.29, 0.717) is 6.54 Å². The van der Waals surface area contributed by atoms with Gasteiger partial charge in [-0.1, -0.05) is 25.3 Å². The van der Waals surface area contributed by atoms with Crippen molar-refractivity contribution < 1.29 is 4.79 Å². The molecule has 2 fully saturated rings. The fourth-order valence-electron chi connectivity index (χ4n) is 3.92. The summed E-state index contributed by atoms with van der Waals surface area (Å²) in [6.45, 7) is 5.49. The lowest BCUT2D eigenvalue weighted by molar-refractivity contribution is -0.120. The van der Waals surface area contributed by atoms with Crippen LogP contribution < -0.4 is 10.6 Å². The van der Waals surface area contributed by atoms with Crippen LogP contribution in [0, 0.1) is 6.92 Å². The summed E-state index contributed by atoms with van der Waals surface area (Å²) in [6, 6.07) is 6.02. The van der Waals surface area contributed by atoms with E-state index in [2.05, 4.69) is 31.5 Å². The molecule has 0 unspecified atom stereocenters. The van der Waals surface area contributed by atoms with Gasteiger partial charge in [0.2, 0.25) is 5.91 Å². The zero-order chi connectivity index (χ0) is 16.3. The third-order valence-corrected chi connectivity index (χ3v) is 5.86. The maximum atomic E-state index is 12.5. The van der Waals surface area contributed by atoms with Crippen LogP contribution in [0.15, 0.2) is 22.7 Å². The van der Waals surface area contributed by atoms with Gasteiger partial charge in [0.05, 0.1) is 12.2 Å². The number of carbonyl (C=O) groups excluding carboxylic acids is 1. The fourth-order valence-corrected chi connectivity index (χ4v) is 4.51. The van der Waals surface area contributed by atoms with E-state index in [4.69, 9.17) is 0 Å². The first-order valence-electron chi connectivity index (χ1n) is 8.61. The number of anilines is 1. The molecule has 0 bridgehead atoms. The number of rotatable bonds is 3. The van der Waals surface area contributed by atoms with E-state index >= 15 is 0 Å².